The molecule has 1 heterocycles. The van der Waals surface area contributed by atoms with Gasteiger partial charge in [0.1, 0.15) is 0 Å². The van der Waals surface area contributed by atoms with Crippen LogP contribution in [0.5, 0.6) is 0 Å². The molecule has 2 rings (SSSR count). The second-order valence-electron chi connectivity index (χ2n) is 5.19. The van der Waals surface area contributed by atoms with Crippen LogP contribution in [0.15, 0.2) is 30.3 Å². The highest BCUT2D eigenvalue weighted by molar-refractivity contribution is 5.92. The van der Waals surface area contributed by atoms with E-state index in [4.69, 9.17) is 0 Å². The summed E-state index contributed by atoms with van der Waals surface area (Å²) in [6.45, 7) is 2.53. The van der Waals surface area contributed by atoms with E-state index in [0.29, 0.717) is 25.1 Å². The highest BCUT2D eigenvalue weighted by Crippen LogP contribution is 2.20. The Labute approximate surface area is 116 Å². The van der Waals surface area contributed by atoms with Crippen molar-refractivity contribution in [3.63, 3.8) is 0 Å². The van der Waals surface area contributed by atoms with Crippen molar-refractivity contribution >= 4 is 17.7 Å². The van der Waals surface area contributed by atoms with Crippen LogP contribution in [-0.4, -0.2) is 39.5 Å². The molecule has 106 valence electrons. The average molecular weight is 276 g/mol. The van der Waals surface area contributed by atoms with Crippen LogP contribution >= 0.6 is 0 Å². The molecule has 0 aliphatic carbocycles. The van der Waals surface area contributed by atoms with E-state index in [2.05, 4.69) is 0 Å². The number of hydrogen-bond donors (Lipinski definition) is 1. The van der Waals surface area contributed by atoms with Gasteiger partial charge in [0.15, 0.2) is 0 Å². The molecule has 0 spiro atoms. The van der Waals surface area contributed by atoms with Crippen LogP contribution in [0.3, 0.4) is 0 Å². The lowest BCUT2D eigenvalue weighted by molar-refractivity contribution is -0.384. The fraction of sp³-hybridized carbons (Fsp3) is 0.357. The Balaban J connectivity index is 2.04. The van der Waals surface area contributed by atoms with Gasteiger partial charge in [-0.1, -0.05) is 12.1 Å². The van der Waals surface area contributed by atoms with Gasteiger partial charge >= 0.3 is 0 Å². The SMILES string of the molecule is CC1(O)CCN(C(=O)/C=C/c2cccc([N+](=O)[O-])c2)C1. The molecule has 1 aliphatic rings. The number of amides is 1. The van der Waals surface area contributed by atoms with Crippen LogP contribution in [0.1, 0.15) is 18.9 Å². The fourth-order valence-electron chi connectivity index (χ4n) is 2.15. The van der Waals surface area contributed by atoms with Crippen molar-refractivity contribution in [3.8, 4) is 0 Å². The third-order valence-electron chi connectivity index (χ3n) is 3.26. The molecule has 1 aliphatic heterocycles. The Morgan fingerprint density at radius 1 is 1.55 bits per heavy atom. The van der Waals surface area contributed by atoms with Crippen molar-refractivity contribution in [1.29, 1.82) is 0 Å². The minimum absolute atomic E-state index is 0.0105. The molecule has 1 fully saturated rings. The van der Waals surface area contributed by atoms with E-state index in [9.17, 15) is 20.0 Å². The number of likely N-dealkylation sites (tertiary alicyclic amines) is 1. The molecule has 6 heteroatoms. The van der Waals surface area contributed by atoms with E-state index in [1.54, 1.807) is 30.0 Å². The summed E-state index contributed by atoms with van der Waals surface area (Å²) in [6, 6.07) is 6.07. The van der Waals surface area contributed by atoms with Gasteiger partial charge in [0.25, 0.3) is 5.69 Å². The van der Waals surface area contributed by atoms with Gasteiger partial charge < -0.3 is 10.0 Å². The number of β-amino-alcohol motifs (C(OH)–C–C–N with tert-alkyl or cyclic N) is 1. The molecule has 0 aromatic heterocycles. The van der Waals surface area contributed by atoms with Crippen molar-refractivity contribution in [3.05, 3.63) is 46.0 Å². The molecule has 1 unspecified atom stereocenters. The van der Waals surface area contributed by atoms with Crippen LogP contribution in [-0.2, 0) is 4.79 Å². The standard InChI is InChI=1S/C14H16N2O4/c1-14(18)7-8-15(10-14)13(17)6-5-11-3-2-4-12(9-11)16(19)20/h2-6,9,18H,7-8,10H2,1H3/b6-5+. The fourth-order valence-corrected chi connectivity index (χ4v) is 2.15. The van der Waals surface area contributed by atoms with Gasteiger partial charge in [-0.2, -0.15) is 0 Å². The van der Waals surface area contributed by atoms with Crippen LogP contribution in [0.25, 0.3) is 6.08 Å². The Hall–Kier alpha value is -2.21. The number of aliphatic hydroxyl groups is 1. The molecule has 1 saturated heterocycles. The smallest absolute Gasteiger partial charge is 0.270 e. The number of nitro benzene ring substituents is 1. The molecule has 1 amide bonds. The third kappa shape index (κ3) is 3.42. The average Bonchev–Trinajstić information content (AvgIpc) is 2.77. The van der Waals surface area contributed by atoms with Crippen molar-refractivity contribution in [1.82, 2.24) is 4.90 Å². The number of nitrogens with zero attached hydrogens (tertiary/aromatic N) is 2. The Bertz CT molecular complexity index is 566. The normalized spacial score (nSPS) is 22.4. The van der Waals surface area contributed by atoms with E-state index in [0.717, 1.165) is 0 Å². The number of non-ortho nitro benzene ring substituents is 1. The summed E-state index contributed by atoms with van der Waals surface area (Å²) in [6.07, 6.45) is 3.48. The maximum atomic E-state index is 11.9. The number of hydrogen-bond acceptors (Lipinski definition) is 4. The highest BCUT2D eigenvalue weighted by atomic mass is 16.6. The Morgan fingerprint density at radius 3 is 2.90 bits per heavy atom. The van der Waals surface area contributed by atoms with Crippen molar-refractivity contribution < 1.29 is 14.8 Å². The first kappa shape index (κ1) is 14.2. The number of carbonyl (C=O) groups excluding carboxylic acids is 1. The monoisotopic (exact) mass is 276 g/mol. The van der Waals surface area contributed by atoms with Crippen molar-refractivity contribution in [2.24, 2.45) is 0 Å². The first-order valence-corrected chi connectivity index (χ1v) is 6.31. The molecule has 1 aromatic carbocycles. The summed E-state index contributed by atoms with van der Waals surface area (Å²) in [4.78, 5) is 23.7. The summed E-state index contributed by atoms with van der Waals surface area (Å²) in [5, 5.41) is 20.5. The van der Waals surface area contributed by atoms with Gasteiger partial charge in [-0.25, -0.2) is 0 Å². The zero-order valence-corrected chi connectivity index (χ0v) is 11.2. The van der Waals surface area contributed by atoms with Crippen LogP contribution < -0.4 is 0 Å². The number of nitro groups is 1. The van der Waals surface area contributed by atoms with Crippen LogP contribution in [0.4, 0.5) is 5.69 Å². The summed E-state index contributed by atoms with van der Waals surface area (Å²) in [7, 11) is 0. The maximum absolute atomic E-state index is 11.9. The van der Waals surface area contributed by atoms with Crippen molar-refractivity contribution in [2.75, 3.05) is 13.1 Å². The van der Waals surface area contributed by atoms with Gasteiger partial charge in [0.05, 0.1) is 10.5 Å². The van der Waals surface area contributed by atoms with Gasteiger partial charge in [-0.15, -0.1) is 0 Å². The summed E-state index contributed by atoms with van der Waals surface area (Å²) in [5.41, 5.74) is -0.239. The molecular formula is C14H16N2O4. The minimum Gasteiger partial charge on any atom is -0.388 e. The lowest BCUT2D eigenvalue weighted by atomic mass is 10.1. The largest absolute Gasteiger partial charge is 0.388 e. The van der Waals surface area contributed by atoms with Gasteiger partial charge in [0, 0.05) is 31.3 Å². The minimum atomic E-state index is -0.824. The quantitative estimate of drug-likeness (QED) is 0.516. The first-order valence-electron chi connectivity index (χ1n) is 6.31. The van der Waals surface area contributed by atoms with Gasteiger partial charge in [-0.3, -0.25) is 14.9 Å². The Kier molecular flexibility index (Phi) is 3.85. The van der Waals surface area contributed by atoms with E-state index >= 15 is 0 Å². The zero-order chi connectivity index (χ0) is 14.8. The maximum Gasteiger partial charge on any atom is 0.270 e. The summed E-state index contributed by atoms with van der Waals surface area (Å²) >= 11 is 0. The predicted octanol–water partition coefficient (Wildman–Crippen LogP) is 1.59. The van der Waals surface area contributed by atoms with Crippen LogP contribution in [0, 0.1) is 10.1 Å². The number of carbonyl (C=O) groups is 1. The molecule has 0 saturated carbocycles. The molecule has 6 nitrogen and oxygen atoms in total. The lowest BCUT2D eigenvalue weighted by Crippen LogP contribution is -2.32. The van der Waals surface area contributed by atoms with E-state index in [1.165, 1.54) is 18.2 Å². The lowest BCUT2D eigenvalue weighted by Gasteiger charge is -2.17. The number of rotatable bonds is 3. The van der Waals surface area contributed by atoms with Crippen molar-refractivity contribution in [2.45, 2.75) is 18.9 Å². The molecule has 1 N–H and O–H groups in total. The van der Waals surface area contributed by atoms with E-state index in [-0.39, 0.29) is 11.6 Å². The molecule has 1 aromatic rings. The Morgan fingerprint density at radius 2 is 2.30 bits per heavy atom. The second kappa shape index (κ2) is 5.42. The second-order valence-corrected chi connectivity index (χ2v) is 5.19. The topological polar surface area (TPSA) is 83.7 Å². The van der Waals surface area contributed by atoms with Gasteiger partial charge in [-0.05, 0) is 25.0 Å². The molecule has 1 atom stereocenters. The first-order chi connectivity index (χ1) is 9.37. The number of benzene rings is 1. The molecular weight excluding hydrogens is 260 g/mol. The predicted molar refractivity (Wildman–Crippen MR) is 74.0 cm³/mol. The molecule has 0 radical (unpaired) electrons. The highest BCUT2D eigenvalue weighted by Gasteiger charge is 2.32. The van der Waals surface area contributed by atoms with Gasteiger partial charge in [0.2, 0.25) is 5.91 Å². The third-order valence-corrected chi connectivity index (χ3v) is 3.26. The summed E-state index contributed by atoms with van der Waals surface area (Å²) < 4.78 is 0. The summed E-state index contributed by atoms with van der Waals surface area (Å²) in [5.74, 6) is -0.200. The van der Waals surface area contributed by atoms with E-state index in [1.807, 2.05) is 0 Å². The zero-order valence-electron chi connectivity index (χ0n) is 11.2. The molecule has 0 bridgehead atoms. The van der Waals surface area contributed by atoms with Crippen LogP contribution in [0.2, 0.25) is 0 Å². The molecule has 20 heavy (non-hydrogen) atoms. The van der Waals surface area contributed by atoms with E-state index < -0.39 is 10.5 Å².